The van der Waals surface area contributed by atoms with Crippen molar-refractivity contribution >= 4 is 5.78 Å². The fourth-order valence-corrected chi connectivity index (χ4v) is 2.70. The summed E-state index contributed by atoms with van der Waals surface area (Å²) < 4.78 is 0. The van der Waals surface area contributed by atoms with Gasteiger partial charge in [0.1, 0.15) is 0 Å². The highest BCUT2D eigenvalue weighted by Crippen LogP contribution is 2.38. The van der Waals surface area contributed by atoms with Crippen LogP contribution < -0.4 is 5.32 Å². The SMILES string of the molecule is CC=CC(=O)C1CC2CNCC2C1. The van der Waals surface area contributed by atoms with Crippen LogP contribution in [-0.2, 0) is 4.79 Å². The van der Waals surface area contributed by atoms with Gasteiger partial charge < -0.3 is 5.32 Å². The van der Waals surface area contributed by atoms with Crippen LogP contribution in [0.2, 0.25) is 0 Å². The molecule has 0 radical (unpaired) electrons. The van der Waals surface area contributed by atoms with Gasteiger partial charge in [0.25, 0.3) is 0 Å². The van der Waals surface area contributed by atoms with E-state index in [0.717, 1.165) is 37.8 Å². The molecule has 0 aromatic carbocycles. The minimum absolute atomic E-state index is 0.327. The first-order chi connectivity index (χ1) is 6.31. The van der Waals surface area contributed by atoms with Crippen molar-refractivity contribution in [1.82, 2.24) is 5.32 Å². The maximum absolute atomic E-state index is 11.6. The molecule has 1 saturated heterocycles. The molecule has 0 bridgehead atoms. The number of fused-ring (bicyclic) bond motifs is 1. The average molecular weight is 179 g/mol. The van der Waals surface area contributed by atoms with Crippen molar-refractivity contribution in [1.29, 1.82) is 0 Å². The van der Waals surface area contributed by atoms with E-state index in [1.54, 1.807) is 6.08 Å². The summed E-state index contributed by atoms with van der Waals surface area (Å²) in [6.07, 6.45) is 5.81. The van der Waals surface area contributed by atoms with Crippen LogP contribution in [0.5, 0.6) is 0 Å². The summed E-state index contributed by atoms with van der Waals surface area (Å²) in [6.45, 7) is 4.17. The first-order valence-electron chi connectivity index (χ1n) is 5.18. The van der Waals surface area contributed by atoms with Crippen molar-refractivity contribution in [2.45, 2.75) is 19.8 Å². The summed E-state index contributed by atoms with van der Waals surface area (Å²) in [6, 6.07) is 0. The third-order valence-electron chi connectivity index (χ3n) is 3.39. The molecule has 72 valence electrons. The van der Waals surface area contributed by atoms with Crippen molar-refractivity contribution in [3.05, 3.63) is 12.2 Å². The van der Waals surface area contributed by atoms with E-state index in [0.29, 0.717) is 11.7 Å². The first-order valence-corrected chi connectivity index (χ1v) is 5.18. The zero-order valence-corrected chi connectivity index (χ0v) is 8.12. The van der Waals surface area contributed by atoms with E-state index in [4.69, 9.17) is 0 Å². The molecule has 2 heteroatoms. The van der Waals surface area contributed by atoms with Gasteiger partial charge in [-0.05, 0) is 50.8 Å². The number of rotatable bonds is 2. The first kappa shape index (κ1) is 8.95. The van der Waals surface area contributed by atoms with Gasteiger partial charge in [0, 0.05) is 5.92 Å². The topological polar surface area (TPSA) is 29.1 Å². The number of allylic oxidation sites excluding steroid dienone is 2. The van der Waals surface area contributed by atoms with Crippen molar-refractivity contribution in [2.75, 3.05) is 13.1 Å². The lowest BCUT2D eigenvalue weighted by Crippen LogP contribution is -2.15. The fraction of sp³-hybridized carbons (Fsp3) is 0.727. The van der Waals surface area contributed by atoms with E-state index in [2.05, 4.69) is 5.32 Å². The molecule has 2 unspecified atom stereocenters. The lowest BCUT2D eigenvalue weighted by Gasteiger charge is -2.06. The predicted molar refractivity (Wildman–Crippen MR) is 52.4 cm³/mol. The van der Waals surface area contributed by atoms with Gasteiger partial charge in [-0.1, -0.05) is 6.08 Å². The van der Waals surface area contributed by atoms with Gasteiger partial charge >= 0.3 is 0 Å². The molecule has 2 rings (SSSR count). The molecule has 13 heavy (non-hydrogen) atoms. The highest BCUT2D eigenvalue weighted by Gasteiger charge is 2.39. The van der Waals surface area contributed by atoms with E-state index >= 15 is 0 Å². The minimum Gasteiger partial charge on any atom is -0.316 e. The summed E-state index contributed by atoms with van der Waals surface area (Å²) in [5.41, 5.74) is 0. The summed E-state index contributed by atoms with van der Waals surface area (Å²) >= 11 is 0. The number of hydrogen-bond donors (Lipinski definition) is 1. The van der Waals surface area contributed by atoms with Gasteiger partial charge in [-0.15, -0.1) is 0 Å². The van der Waals surface area contributed by atoms with E-state index in [1.807, 2.05) is 13.0 Å². The third-order valence-corrected chi connectivity index (χ3v) is 3.39. The second-order valence-electron chi connectivity index (χ2n) is 4.25. The smallest absolute Gasteiger partial charge is 0.158 e. The lowest BCUT2D eigenvalue weighted by atomic mass is 10.0. The van der Waals surface area contributed by atoms with Gasteiger partial charge in [0.15, 0.2) is 5.78 Å². The second kappa shape index (κ2) is 3.62. The zero-order chi connectivity index (χ0) is 9.26. The molecule has 2 fully saturated rings. The van der Waals surface area contributed by atoms with Gasteiger partial charge in [-0.2, -0.15) is 0 Å². The van der Waals surface area contributed by atoms with Crippen LogP contribution in [0, 0.1) is 17.8 Å². The zero-order valence-electron chi connectivity index (χ0n) is 8.12. The predicted octanol–water partition coefficient (Wildman–Crippen LogP) is 1.38. The normalized spacial score (nSPS) is 38.4. The third kappa shape index (κ3) is 1.68. The van der Waals surface area contributed by atoms with Crippen LogP contribution in [0.3, 0.4) is 0 Å². The number of hydrogen-bond acceptors (Lipinski definition) is 2. The van der Waals surface area contributed by atoms with E-state index in [1.165, 1.54) is 0 Å². The Morgan fingerprint density at radius 2 is 1.92 bits per heavy atom. The van der Waals surface area contributed by atoms with Crippen LogP contribution in [-0.4, -0.2) is 18.9 Å². The molecular formula is C11H17NO. The minimum atomic E-state index is 0.327. The van der Waals surface area contributed by atoms with Crippen molar-refractivity contribution < 1.29 is 4.79 Å². The Balaban J connectivity index is 1.95. The van der Waals surface area contributed by atoms with E-state index < -0.39 is 0 Å². The van der Waals surface area contributed by atoms with Crippen LogP contribution in [0.15, 0.2) is 12.2 Å². The second-order valence-corrected chi connectivity index (χ2v) is 4.25. The standard InChI is InChI=1S/C11H17NO/c1-2-3-11(13)8-4-9-6-12-7-10(9)5-8/h2-3,8-10,12H,4-7H2,1H3. The van der Waals surface area contributed by atoms with Gasteiger partial charge in [0.2, 0.25) is 0 Å². The Labute approximate surface area is 79.4 Å². The maximum atomic E-state index is 11.6. The lowest BCUT2D eigenvalue weighted by molar-refractivity contribution is -0.118. The molecule has 2 atom stereocenters. The van der Waals surface area contributed by atoms with Crippen molar-refractivity contribution in [2.24, 2.45) is 17.8 Å². The van der Waals surface area contributed by atoms with Gasteiger partial charge in [-0.3, -0.25) is 4.79 Å². The summed E-state index contributed by atoms with van der Waals surface area (Å²) in [7, 11) is 0. The molecule has 0 aromatic rings. The van der Waals surface area contributed by atoms with Crippen LogP contribution in [0.1, 0.15) is 19.8 Å². The van der Waals surface area contributed by atoms with Crippen molar-refractivity contribution in [3.8, 4) is 0 Å². The molecule has 2 nitrogen and oxygen atoms in total. The number of ketones is 1. The Morgan fingerprint density at radius 3 is 2.46 bits per heavy atom. The number of carbonyl (C=O) groups is 1. The largest absolute Gasteiger partial charge is 0.316 e. The Kier molecular flexibility index (Phi) is 2.49. The number of nitrogens with one attached hydrogen (secondary N) is 1. The van der Waals surface area contributed by atoms with Gasteiger partial charge in [-0.25, -0.2) is 0 Å². The molecule has 1 aliphatic carbocycles. The summed E-state index contributed by atoms with van der Waals surface area (Å²) in [5, 5.41) is 3.39. The monoisotopic (exact) mass is 179 g/mol. The molecular weight excluding hydrogens is 162 g/mol. The Bertz CT molecular complexity index is 222. The molecule has 1 N–H and O–H groups in total. The molecule has 1 saturated carbocycles. The highest BCUT2D eigenvalue weighted by atomic mass is 16.1. The molecule has 1 aliphatic heterocycles. The average Bonchev–Trinajstić information content (AvgIpc) is 2.61. The van der Waals surface area contributed by atoms with Crippen molar-refractivity contribution in [3.63, 3.8) is 0 Å². The van der Waals surface area contributed by atoms with Crippen LogP contribution in [0.25, 0.3) is 0 Å². The molecule has 0 amide bonds. The molecule has 1 heterocycles. The quantitative estimate of drug-likeness (QED) is 0.649. The van der Waals surface area contributed by atoms with Crippen LogP contribution >= 0.6 is 0 Å². The summed E-state index contributed by atoms with van der Waals surface area (Å²) in [4.78, 5) is 11.6. The molecule has 2 aliphatic rings. The molecule has 0 aromatic heterocycles. The Hall–Kier alpha value is -0.630. The van der Waals surface area contributed by atoms with E-state index in [9.17, 15) is 4.79 Å². The maximum Gasteiger partial charge on any atom is 0.158 e. The van der Waals surface area contributed by atoms with E-state index in [-0.39, 0.29) is 0 Å². The summed E-state index contributed by atoms with van der Waals surface area (Å²) in [5.74, 6) is 2.23. The van der Waals surface area contributed by atoms with Crippen LogP contribution in [0.4, 0.5) is 0 Å². The Morgan fingerprint density at radius 1 is 1.31 bits per heavy atom. The fourth-order valence-electron chi connectivity index (χ4n) is 2.70. The molecule has 0 spiro atoms. The number of carbonyl (C=O) groups excluding carboxylic acids is 1. The highest BCUT2D eigenvalue weighted by molar-refractivity contribution is 5.91. The van der Waals surface area contributed by atoms with Gasteiger partial charge in [0.05, 0.1) is 0 Å².